The van der Waals surface area contributed by atoms with E-state index in [1.165, 1.54) is 11.6 Å². The molecule has 0 radical (unpaired) electrons. The third-order valence-corrected chi connectivity index (χ3v) is 6.25. The summed E-state index contributed by atoms with van der Waals surface area (Å²) >= 11 is 0. The zero-order chi connectivity index (χ0) is 23.1. The Labute approximate surface area is 194 Å². The fourth-order valence-corrected chi connectivity index (χ4v) is 4.26. The Balaban J connectivity index is 1.21. The second kappa shape index (κ2) is 10.9. The van der Waals surface area contributed by atoms with Crippen molar-refractivity contribution in [3.63, 3.8) is 0 Å². The Bertz CT molecular complexity index is 926. The van der Waals surface area contributed by atoms with E-state index in [0.29, 0.717) is 32.5 Å². The standard InChI is InChI=1S/C25H32FN3O4/c26-22-4-1-2-5-23(22)33-19-25(31)10-3-13-28(14-11-25)18-20-6-8-21(9-7-20)32-17-16-29-15-12-27-24(29)30/h1-2,4-9,31H,3,10-19H2,(H,27,30). The molecule has 0 saturated carbocycles. The Morgan fingerprint density at radius 1 is 1.03 bits per heavy atom. The predicted molar refractivity (Wildman–Crippen MR) is 123 cm³/mol. The summed E-state index contributed by atoms with van der Waals surface area (Å²) in [6.07, 6.45) is 2.05. The van der Waals surface area contributed by atoms with Crippen LogP contribution in [0, 0.1) is 5.82 Å². The van der Waals surface area contributed by atoms with Crippen LogP contribution < -0.4 is 14.8 Å². The van der Waals surface area contributed by atoms with E-state index in [9.17, 15) is 14.3 Å². The molecule has 2 N–H and O–H groups in total. The lowest BCUT2D eigenvalue weighted by Gasteiger charge is -2.27. The Kier molecular flexibility index (Phi) is 7.67. The van der Waals surface area contributed by atoms with Gasteiger partial charge in [-0.1, -0.05) is 24.3 Å². The van der Waals surface area contributed by atoms with E-state index in [4.69, 9.17) is 9.47 Å². The summed E-state index contributed by atoms with van der Waals surface area (Å²) in [5.74, 6) is 0.553. The van der Waals surface area contributed by atoms with Gasteiger partial charge in [0.05, 0.1) is 12.1 Å². The van der Waals surface area contributed by atoms with E-state index in [0.717, 1.165) is 38.3 Å². The molecule has 2 aliphatic rings. The summed E-state index contributed by atoms with van der Waals surface area (Å²) < 4.78 is 25.2. The highest BCUT2D eigenvalue weighted by molar-refractivity contribution is 5.76. The molecule has 8 heteroatoms. The van der Waals surface area contributed by atoms with Crippen LogP contribution in [0.1, 0.15) is 24.8 Å². The van der Waals surface area contributed by atoms with E-state index in [1.807, 2.05) is 12.1 Å². The van der Waals surface area contributed by atoms with E-state index in [-0.39, 0.29) is 18.4 Å². The minimum Gasteiger partial charge on any atom is -0.492 e. The van der Waals surface area contributed by atoms with Gasteiger partial charge in [-0.2, -0.15) is 0 Å². The molecule has 7 nitrogen and oxygen atoms in total. The van der Waals surface area contributed by atoms with Crippen molar-refractivity contribution in [1.29, 1.82) is 0 Å². The molecule has 2 amide bonds. The molecule has 2 saturated heterocycles. The number of para-hydroxylation sites is 1. The number of hydrogen-bond acceptors (Lipinski definition) is 5. The van der Waals surface area contributed by atoms with Crippen LogP contribution in [-0.4, -0.2) is 72.5 Å². The van der Waals surface area contributed by atoms with E-state index in [2.05, 4.69) is 22.3 Å². The summed E-state index contributed by atoms with van der Waals surface area (Å²) in [4.78, 5) is 15.6. The van der Waals surface area contributed by atoms with Gasteiger partial charge in [0, 0.05) is 26.2 Å². The van der Waals surface area contributed by atoms with Crippen LogP contribution in [0.5, 0.6) is 11.5 Å². The fraction of sp³-hybridized carbons (Fsp3) is 0.480. The maximum Gasteiger partial charge on any atom is 0.317 e. The van der Waals surface area contributed by atoms with Crippen LogP contribution in [0.15, 0.2) is 48.5 Å². The van der Waals surface area contributed by atoms with E-state index in [1.54, 1.807) is 23.1 Å². The minimum atomic E-state index is -0.957. The van der Waals surface area contributed by atoms with Gasteiger partial charge in [0.2, 0.25) is 0 Å². The molecule has 178 valence electrons. The topological polar surface area (TPSA) is 74.3 Å². The van der Waals surface area contributed by atoms with Crippen molar-refractivity contribution in [2.24, 2.45) is 0 Å². The Hall–Kier alpha value is -2.84. The maximum atomic E-state index is 13.8. The number of carbonyl (C=O) groups is 1. The molecule has 4 rings (SSSR count). The largest absolute Gasteiger partial charge is 0.492 e. The Morgan fingerprint density at radius 3 is 2.61 bits per heavy atom. The third-order valence-electron chi connectivity index (χ3n) is 6.25. The molecular weight excluding hydrogens is 425 g/mol. The number of hydrogen-bond donors (Lipinski definition) is 2. The lowest BCUT2D eigenvalue weighted by molar-refractivity contribution is -0.0177. The summed E-state index contributed by atoms with van der Waals surface area (Å²) in [7, 11) is 0. The summed E-state index contributed by atoms with van der Waals surface area (Å²) in [6, 6.07) is 14.3. The van der Waals surface area contributed by atoms with Crippen molar-refractivity contribution in [1.82, 2.24) is 15.1 Å². The van der Waals surface area contributed by atoms with Gasteiger partial charge in [-0.05, 0) is 55.6 Å². The van der Waals surface area contributed by atoms with Crippen LogP contribution in [0.2, 0.25) is 0 Å². The van der Waals surface area contributed by atoms with Gasteiger partial charge >= 0.3 is 6.03 Å². The van der Waals surface area contributed by atoms with Crippen molar-refractivity contribution in [2.45, 2.75) is 31.4 Å². The molecule has 2 aliphatic heterocycles. The molecule has 1 unspecified atom stereocenters. The molecule has 2 aromatic carbocycles. The average molecular weight is 458 g/mol. The second-order valence-electron chi connectivity index (χ2n) is 8.78. The predicted octanol–water partition coefficient (Wildman–Crippen LogP) is 3.03. The van der Waals surface area contributed by atoms with Crippen molar-refractivity contribution in [3.8, 4) is 11.5 Å². The number of carbonyl (C=O) groups excluding carboxylic acids is 1. The highest BCUT2D eigenvalue weighted by atomic mass is 19.1. The smallest absolute Gasteiger partial charge is 0.317 e. The van der Waals surface area contributed by atoms with Gasteiger partial charge in [-0.25, -0.2) is 9.18 Å². The number of nitrogens with zero attached hydrogens (tertiary/aromatic N) is 2. The first kappa shape index (κ1) is 23.3. The van der Waals surface area contributed by atoms with Crippen LogP contribution in [0.3, 0.4) is 0 Å². The average Bonchev–Trinajstić information content (AvgIpc) is 3.13. The lowest BCUT2D eigenvalue weighted by Crippen LogP contribution is -2.37. The molecule has 33 heavy (non-hydrogen) atoms. The number of benzene rings is 2. The zero-order valence-electron chi connectivity index (χ0n) is 18.8. The molecule has 2 aromatic rings. The van der Waals surface area contributed by atoms with Crippen LogP contribution in [-0.2, 0) is 6.54 Å². The van der Waals surface area contributed by atoms with Crippen molar-refractivity contribution in [2.75, 3.05) is 45.9 Å². The van der Waals surface area contributed by atoms with Gasteiger partial charge in [0.1, 0.15) is 19.0 Å². The molecule has 2 heterocycles. The van der Waals surface area contributed by atoms with Crippen LogP contribution in [0.4, 0.5) is 9.18 Å². The van der Waals surface area contributed by atoms with Gasteiger partial charge in [-0.15, -0.1) is 0 Å². The van der Waals surface area contributed by atoms with Crippen molar-refractivity contribution in [3.05, 3.63) is 59.9 Å². The number of amides is 2. The number of ether oxygens (including phenoxy) is 2. The first-order valence-electron chi connectivity index (χ1n) is 11.6. The summed E-state index contributed by atoms with van der Waals surface area (Å²) in [6.45, 7) is 4.97. The molecular formula is C25H32FN3O4. The number of halogens is 1. The van der Waals surface area contributed by atoms with E-state index >= 15 is 0 Å². The quantitative estimate of drug-likeness (QED) is 0.606. The number of nitrogens with one attached hydrogen (secondary N) is 1. The van der Waals surface area contributed by atoms with Crippen molar-refractivity contribution >= 4 is 6.03 Å². The van der Waals surface area contributed by atoms with Crippen molar-refractivity contribution < 1.29 is 23.8 Å². The number of likely N-dealkylation sites (tertiary alicyclic amines) is 1. The number of urea groups is 1. The number of rotatable bonds is 9. The number of aliphatic hydroxyl groups is 1. The van der Waals surface area contributed by atoms with Gasteiger partial charge < -0.3 is 24.8 Å². The molecule has 0 bridgehead atoms. The normalized spacial score (nSPS) is 21.5. The molecule has 0 spiro atoms. The van der Waals surface area contributed by atoms with Gasteiger partial charge in [0.15, 0.2) is 11.6 Å². The summed E-state index contributed by atoms with van der Waals surface area (Å²) in [5, 5.41) is 13.8. The first-order valence-corrected chi connectivity index (χ1v) is 11.6. The molecule has 0 aliphatic carbocycles. The third kappa shape index (κ3) is 6.58. The summed E-state index contributed by atoms with van der Waals surface area (Å²) in [5.41, 5.74) is 0.218. The SMILES string of the molecule is O=C1NCCN1CCOc1ccc(CN2CCCC(O)(COc3ccccc3F)CC2)cc1. The lowest BCUT2D eigenvalue weighted by atomic mass is 9.96. The van der Waals surface area contributed by atoms with Gasteiger partial charge in [-0.3, -0.25) is 4.90 Å². The zero-order valence-corrected chi connectivity index (χ0v) is 18.8. The first-order chi connectivity index (χ1) is 16.0. The maximum absolute atomic E-state index is 13.8. The van der Waals surface area contributed by atoms with Crippen LogP contribution >= 0.6 is 0 Å². The highest BCUT2D eigenvalue weighted by Crippen LogP contribution is 2.26. The Morgan fingerprint density at radius 2 is 1.85 bits per heavy atom. The molecule has 0 aromatic heterocycles. The van der Waals surface area contributed by atoms with Crippen LogP contribution in [0.25, 0.3) is 0 Å². The van der Waals surface area contributed by atoms with E-state index < -0.39 is 11.4 Å². The fourth-order valence-electron chi connectivity index (χ4n) is 4.26. The molecule has 2 fully saturated rings. The monoisotopic (exact) mass is 457 g/mol. The second-order valence-corrected chi connectivity index (χ2v) is 8.78. The van der Waals surface area contributed by atoms with Gasteiger partial charge in [0.25, 0.3) is 0 Å². The molecule has 1 atom stereocenters. The minimum absolute atomic E-state index is 0.0305. The highest BCUT2D eigenvalue weighted by Gasteiger charge is 2.31.